The molecule has 7 nitrogen and oxygen atoms in total. The van der Waals surface area contributed by atoms with Crippen LogP contribution >= 0.6 is 11.3 Å². The van der Waals surface area contributed by atoms with E-state index < -0.39 is 23.5 Å². The number of hydrogen-bond donors (Lipinski definition) is 2. The molecule has 3 aromatic rings. The molecule has 3 rings (SSSR count). The zero-order chi connectivity index (χ0) is 24.6. The summed E-state index contributed by atoms with van der Waals surface area (Å²) in [7, 11) is 0. The Morgan fingerprint density at radius 2 is 1.71 bits per heavy atom. The largest absolute Gasteiger partial charge is 0.489 e. The van der Waals surface area contributed by atoms with Crippen LogP contribution in [0.2, 0.25) is 0 Å². The van der Waals surface area contributed by atoms with E-state index in [0.717, 1.165) is 16.9 Å². The van der Waals surface area contributed by atoms with Crippen LogP contribution in [0, 0.1) is 0 Å². The van der Waals surface area contributed by atoms with Crippen molar-refractivity contribution in [3.05, 3.63) is 82.3 Å². The predicted molar refractivity (Wildman–Crippen MR) is 133 cm³/mol. The predicted octanol–water partition coefficient (Wildman–Crippen LogP) is 3.56. The number of carbonyl (C=O) groups excluding carboxylic acids is 2. The molecule has 2 atom stereocenters. The van der Waals surface area contributed by atoms with E-state index in [4.69, 9.17) is 10.5 Å². The van der Waals surface area contributed by atoms with Crippen molar-refractivity contribution < 1.29 is 14.3 Å². The third-order valence-corrected chi connectivity index (χ3v) is 5.59. The van der Waals surface area contributed by atoms with Gasteiger partial charge in [0.05, 0.1) is 11.2 Å². The molecule has 34 heavy (non-hydrogen) atoms. The molecular weight excluding hydrogens is 448 g/mol. The highest BCUT2D eigenvalue weighted by molar-refractivity contribution is 7.07. The lowest BCUT2D eigenvalue weighted by Crippen LogP contribution is -2.55. The maximum atomic E-state index is 12.9. The van der Waals surface area contributed by atoms with Gasteiger partial charge in [-0.05, 0) is 44.0 Å². The Labute approximate surface area is 204 Å². The number of hydrogen-bond acceptors (Lipinski definition) is 5. The van der Waals surface area contributed by atoms with E-state index in [-0.39, 0.29) is 12.3 Å². The number of thiazole rings is 1. The Hall–Kier alpha value is -3.23. The van der Waals surface area contributed by atoms with Gasteiger partial charge in [0.25, 0.3) is 0 Å². The fourth-order valence-electron chi connectivity index (χ4n) is 3.28. The van der Waals surface area contributed by atoms with E-state index in [1.165, 1.54) is 11.3 Å². The summed E-state index contributed by atoms with van der Waals surface area (Å²) in [5.41, 5.74) is 12.1. The summed E-state index contributed by atoms with van der Waals surface area (Å²) in [5, 5.41) is 7.52. The smallest absolute Gasteiger partial charge is 0.243 e. The normalized spacial score (nSPS) is 13.1. The number of nitrogens with one attached hydrogen (secondary N) is 3. The van der Waals surface area contributed by atoms with Crippen molar-refractivity contribution in [3.63, 3.8) is 0 Å². The average Bonchev–Trinajstić information content (AvgIpc) is 3.30. The molecule has 0 fully saturated rings. The van der Waals surface area contributed by atoms with Gasteiger partial charge in [0, 0.05) is 23.8 Å². The lowest BCUT2D eigenvalue weighted by atomic mass is 10.0. The number of ether oxygens (including phenoxy) is 1. The minimum atomic E-state index is -1.04. The fraction of sp³-hybridized carbons (Fsp3) is 0.346. The molecule has 1 unspecified atom stereocenters. The molecule has 0 aliphatic heterocycles. The molecule has 0 aliphatic carbocycles. The lowest BCUT2D eigenvalue weighted by molar-refractivity contribution is -0.130. The zero-order valence-electron chi connectivity index (χ0n) is 19.7. The first-order chi connectivity index (χ1) is 16.2. The highest BCUT2D eigenvalue weighted by Gasteiger charge is 2.27. The van der Waals surface area contributed by atoms with E-state index in [9.17, 15) is 9.59 Å². The number of rotatable bonds is 10. The summed E-state index contributed by atoms with van der Waals surface area (Å²) in [6.07, 6.45) is 0.506. The molecule has 8 heteroatoms. The van der Waals surface area contributed by atoms with Crippen molar-refractivity contribution in [1.29, 1.82) is 0 Å². The molecule has 1 heterocycles. The van der Waals surface area contributed by atoms with Crippen LogP contribution in [-0.4, -0.2) is 34.4 Å². The molecule has 0 saturated heterocycles. The molecule has 0 aliphatic rings. The van der Waals surface area contributed by atoms with Crippen LogP contribution in [0.3, 0.4) is 0 Å². The maximum absolute atomic E-state index is 12.9. The molecule has 2 aromatic carbocycles. The van der Waals surface area contributed by atoms with Gasteiger partial charge in [-0.3, -0.25) is 9.59 Å². The molecule has 2 amide bonds. The molecular formula is C26H31N4O3S. The van der Waals surface area contributed by atoms with Crippen LogP contribution in [0.15, 0.2) is 65.5 Å². The molecule has 0 saturated carbocycles. The third-order valence-electron chi connectivity index (χ3n) is 4.96. The SMILES string of the molecule is CC(C)(C)NC(=O)C(Cc1ccc(OCc2ccccc2)cc1)NC(=O)[C@@H]([NH])Cc1cscn1. The van der Waals surface area contributed by atoms with E-state index in [1.807, 2.05) is 80.7 Å². The fourth-order valence-corrected chi connectivity index (χ4v) is 3.85. The Morgan fingerprint density at radius 3 is 2.32 bits per heavy atom. The number of nitrogens with zero attached hydrogens (tertiary/aromatic N) is 1. The summed E-state index contributed by atoms with van der Waals surface area (Å²) < 4.78 is 5.83. The first-order valence-electron chi connectivity index (χ1n) is 11.2. The first-order valence-corrected chi connectivity index (χ1v) is 12.1. The number of aromatic nitrogens is 1. The molecule has 1 aromatic heterocycles. The van der Waals surface area contributed by atoms with Crippen molar-refractivity contribution >= 4 is 23.2 Å². The second kappa shape index (κ2) is 11.8. The van der Waals surface area contributed by atoms with Crippen LogP contribution in [-0.2, 0) is 29.0 Å². The zero-order valence-corrected chi connectivity index (χ0v) is 20.5. The van der Waals surface area contributed by atoms with Gasteiger partial charge >= 0.3 is 0 Å². The Morgan fingerprint density at radius 1 is 1.00 bits per heavy atom. The molecule has 3 N–H and O–H groups in total. The van der Waals surface area contributed by atoms with Crippen molar-refractivity contribution in [2.45, 2.75) is 57.8 Å². The summed E-state index contributed by atoms with van der Waals surface area (Å²) >= 11 is 1.42. The molecule has 1 radical (unpaired) electrons. The van der Waals surface area contributed by atoms with Crippen LogP contribution in [0.5, 0.6) is 5.75 Å². The van der Waals surface area contributed by atoms with Gasteiger partial charge in [0.15, 0.2) is 0 Å². The topological polar surface area (TPSA) is 104 Å². The number of amides is 2. The molecule has 0 bridgehead atoms. The summed E-state index contributed by atoms with van der Waals surface area (Å²) in [4.78, 5) is 29.8. The highest BCUT2D eigenvalue weighted by atomic mass is 32.1. The van der Waals surface area contributed by atoms with E-state index in [0.29, 0.717) is 18.7 Å². The van der Waals surface area contributed by atoms with Crippen LogP contribution in [0.1, 0.15) is 37.6 Å². The number of carbonyl (C=O) groups is 2. The lowest BCUT2D eigenvalue weighted by Gasteiger charge is -2.26. The van der Waals surface area contributed by atoms with Gasteiger partial charge in [-0.25, -0.2) is 10.7 Å². The van der Waals surface area contributed by atoms with E-state index >= 15 is 0 Å². The standard InChI is InChI=1S/C26H31N4O3S/c1-26(2,3)30-25(32)23(29-24(31)22(27)14-20-16-34-17-28-20)13-18-9-11-21(12-10-18)33-15-19-7-5-4-6-8-19/h4-12,16-17,22-23,27H,13-15H2,1-3H3,(H,29,31)(H,30,32)/t22-,23?/m0/s1. The highest BCUT2D eigenvalue weighted by Crippen LogP contribution is 2.16. The van der Waals surface area contributed by atoms with Crippen LogP contribution in [0.25, 0.3) is 0 Å². The van der Waals surface area contributed by atoms with Crippen molar-refractivity contribution in [3.8, 4) is 5.75 Å². The van der Waals surface area contributed by atoms with Gasteiger partial charge < -0.3 is 15.4 Å². The Kier molecular flexibility index (Phi) is 8.79. The van der Waals surface area contributed by atoms with E-state index in [1.54, 1.807) is 5.51 Å². The molecule has 0 spiro atoms. The maximum Gasteiger partial charge on any atom is 0.243 e. The van der Waals surface area contributed by atoms with E-state index in [2.05, 4.69) is 15.6 Å². The Balaban J connectivity index is 1.64. The van der Waals surface area contributed by atoms with Gasteiger partial charge in [0.2, 0.25) is 11.8 Å². The van der Waals surface area contributed by atoms with Gasteiger partial charge in [0.1, 0.15) is 24.4 Å². The third kappa shape index (κ3) is 8.28. The minimum Gasteiger partial charge on any atom is -0.489 e. The second-order valence-electron chi connectivity index (χ2n) is 9.16. The average molecular weight is 480 g/mol. The summed E-state index contributed by atoms with van der Waals surface area (Å²) in [5.74, 6) is -0.0576. The number of benzene rings is 2. The van der Waals surface area contributed by atoms with Crippen LogP contribution < -0.4 is 21.1 Å². The van der Waals surface area contributed by atoms with Crippen molar-refractivity contribution in [2.75, 3.05) is 0 Å². The second-order valence-corrected chi connectivity index (χ2v) is 9.88. The summed E-state index contributed by atoms with van der Waals surface area (Å²) in [6, 6.07) is 15.6. The quantitative estimate of drug-likeness (QED) is 0.464. The van der Waals surface area contributed by atoms with Crippen molar-refractivity contribution in [1.82, 2.24) is 21.4 Å². The molecule has 179 valence electrons. The van der Waals surface area contributed by atoms with Gasteiger partial charge in [-0.1, -0.05) is 42.5 Å². The minimum absolute atomic E-state index is 0.205. The first kappa shape index (κ1) is 25.4. The van der Waals surface area contributed by atoms with Crippen LogP contribution in [0.4, 0.5) is 0 Å². The van der Waals surface area contributed by atoms with Gasteiger partial charge in [-0.2, -0.15) is 0 Å². The van der Waals surface area contributed by atoms with Gasteiger partial charge in [-0.15, -0.1) is 11.3 Å². The van der Waals surface area contributed by atoms with Crippen molar-refractivity contribution in [2.24, 2.45) is 0 Å². The Bertz CT molecular complexity index is 1050. The monoisotopic (exact) mass is 479 g/mol. The summed E-state index contributed by atoms with van der Waals surface area (Å²) in [6.45, 7) is 6.13.